The van der Waals surface area contributed by atoms with E-state index >= 15 is 0 Å². The smallest absolute Gasteiger partial charge is 0.231 e. The molecule has 1 aromatic rings. The molecule has 19 heavy (non-hydrogen) atoms. The molecule has 1 atom stereocenters. The van der Waals surface area contributed by atoms with E-state index in [1.807, 2.05) is 0 Å². The molecule has 0 aromatic heterocycles. The van der Waals surface area contributed by atoms with Gasteiger partial charge in [0.25, 0.3) is 0 Å². The van der Waals surface area contributed by atoms with Gasteiger partial charge in [-0.25, -0.2) is 0 Å². The monoisotopic (exact) mass is 261 g/mol. The first-order valence-electron chi connectivity index (χ1n) is 7.11. The Morgan fingerprint density at radius 1 is 1.16 bits per heavy atom. The molecule has 1 aliphatic heterocycles. The zero-order chi connectivity index (χ0) is 13.7. The molecule has 0 spiro atoms. The van der Waals surface area contributed by atoms with Crippen LogP contribution < -0.4 is 15.2 Å². The Hall–Kier alpha value is -1.22. The molecule has 1 unspecified atom stereocenters. The van der Waals surface area contributed by atoms with Gasteiger partial charge in [0.05, 0.1) is 0 Å². The summed E-state index contributed by atoms with van der Waals surface area (Å²) in [6.45, 7) is 8.12. The van der Waals surface area contributed by atoms with Crippen LogP contribution in [0.3, 0.4) is 0 Å². The third-order valence-electron chi connectivity index (χ3n) is 5.35. The molecular formula is C16H23NO2. The molecule has 0 saturated carbocycles. The van der Waals surface area contributed by atoms with Gasteiger partial charge in [-0.1, -0.05) is 20.8 Å². The molecule has 104 valence electrons. The highest BCUT2D eigenvalue weighted by Crippen LogP contribution is 2.53. The van der Waals surface area contributed by atoms with E-state index in [0.29, 0.717) is 13.3 Å². The van der Waals surface area contributed by atoms with Crippen molar-refractivity contribution in [1.29, 1.82) is 0 Å². The Morgan fingerprint density at radius 2 is 1.84 bits per heavy atom. The lowest BCUT2D eigenvalue weighted by Crippen LogP contribution is -2.44. The van der Waals surface area contributed by atoms with E-state index in [2.05, 4.69) is 32.9 Å². The van der Waals surface area contributed by atoms with Crippen molar-refractivity contribution in [3.8, 4) is 11.5 Å². The molecule has 0 amide bonds. The molecule has 3 rings (SSSR count). The molecule has 0 saturated heterocycles. The fourth-order valence-electron chi connectivity index (χ4n) is 3.55. The first kappa shape index (κ1) is 12.8. The topological polar surface area (TPSA) is 44.5 Å². The van der Waals surface area contributed by atoms with Crippen LogP contribution >= 0.6 is 0 Å². The zero-order valence-electron chi connectivity index (χ0n) is 12.1. The summed E-state index contributed by atoms with van der Waals surface area (Å²) in [4.78, 5) is 0. The lowest BCUT2D eigenvalue weighted by atomic mass is 9.55. The second kappa shape index (κ2) is 4.14. The number of hydrogen-bond donors (Lipinski definition) is 1. The standard InChI is InChI=1S/C16H23NO2/c1-15(2)5-4-11-8-13-14(19-10-18-13)9-12(11)16(15,3)6-7-17/h8-9H,4-7,10,17H2,1-3H3. The Labute approximate surface area is 115 Å². The van der Waals surface area contributed by atoms with Crippen LogP contribution in [0.25, 0.3) is 0 Å². The average molecular weight is 261 g/mol. The van der Waals surface area contributed by atoms with Crippen molar-refractivity contribution >= 4 is 0 Å². The summed E-state index contributed by atoms with van der Waals surface area (Å²) in [6, 6.07) is 4.36. The quantitative estimate of drug-likeness (QED) is 0.890. The highest BCUT2D eigenvalue weighted by molar-refractivity contribution is 5.52. The summed E-state index contributed by atoms with van der Waals surface area (Å²) in [6.07, 6.45) is 3.31. The van der Waals surface area contributed by atoms with Crippen molar-refractivity contribution in [3.05, 3.63) is 23.3 Å². The molecule has 1 aromatic carbocycles. The number of fused-ring (bicyclic) bond motifs is 2. The van der Waals surface area contributed by atoms with Crippen LogP contribution in [-0.4, -0.2) is 13.3 Å². The van der Waals surface area contributed by atoms with E-state index in [9.17, 15) is 0 Å². The largest absolute Gasteiger partial charge is 0.454 e. The lowest BCUT2D eigenvalue weighted by Gasteiger charge is -2.49. The highest BCUT2D eigenvalue weighted by atomic mass is 16.7. The van der Waals surface area contributed by atoms with Crippen LogP contribution in [0.2, 0.25) is 0 Å². The van der Waals surface area contributed by atoms with Gasteiger partial charge < -0.3 is 15.2 Å². The molecule has 0 radical (unpaired) electrons. The third kappa shape index (κ3) is 1.75. The summed E-state index contributed by atoms with van der Waals surface area (Å²) >= 11 is 0. The van der Waals surface area contributed by atoms with Crippen molar-refractivity contribution in [2.24, 2.45) is 11.1 Å². The summed E-state index contributed by atoms with van der Waals surface area (Å²) < 4.78 is 11.0. The van der Waals surface area contributed by atoms with E-state index in [1.54, 1.807) is 0 Å². The minimum Gasteiger partial charge on any atom is -0.454 e. The maximum Gasteiger partial charge on any atom is 0.231 e. The fraction of sp³-hybridized carbons (Fsp3) is 0.625. The van der Waals surface area contributed by atoms with Crippen molar-refractivity contribution in [1.82, 2.24) is 0 Å². The highest BCUT2D eigenvalue weighted by Gasteiger charge is 2.46. The number of ether oxygens (including phenoxy) is 2. The number of hydrogen-bond acceptors (Lipinski definition) is 3. The van der Waals surface area contributed by atoms with Gasteiger partial charge >= 0.3 is 0 Å². The molecule has 3 nitrogen and oxygen atoms in total. The molecule has 2 aliphatic rings. The number of aryl methyl sites for hydroxylation is 1. The van der Waals surface area contributed by atoms with Gasteiger partial charge in [-0.3, -0.25) is 0 Å². The van der Waals surface area contributed by atoms with Crippen LogP contribution in [0.1, 0.15) is 44.7 Å². The summed E-state index contributed by atoms with van der Waals surface area (Å²) in [5.74, 6) is 1.79. The van der Waals surface area contributed by atoms with Gasteiger partial charge in [-0.05, 0) is 59.9 Å². The van der Waals surface area contributed by atoms with Crippen LogP contribution in [0.15, 0.2) is 12.1 Å². The predicted molar refractivity (Wildman–Crippen MR) is 75.7 cm³/mol. The normalized spacial score (nSPS) is 27.2. The van der Waals surface area contributed by atoms with Gasteiger partial charge in [-0.15, -0.1) is 0 Å². The number of rotatable bonds is 2. The Balaban J connectivity index is 2.15. The molecule has 0 bridgehead atoms. The predicted octanol–water partition coefficient (Wildman–Crippen LogP) is 2.99. The summed E-state index contributed by atoms with van der Waals surface area (Å²) in [5, 5.41) is 0. The third-order valence-corrected chi connectivity index (χ3v) is 5.35. The van der Waals surface area contributed by atoms with Crippen LogP contribution in [-0.2, 0) is 11.8 Å². The first-order chi connectivity index (χ1) is 8.98. The second-order valence-corrected chi connectivity index (χ2v) is 6.62. The molecular weight excluding hydrogens is 238 g/mol. The summed E-state index contributed by atoms with van der Waals surface area (Å²) in [5.41, 5.74) is 9.05. The average Bonchev–Trinajstić information content (AvgIpc) is 2.81. The van der Waals surface area contributed by atoms with Crippen LogP contribution in [0, 0.1) is 5.41 Å². The fourth-order valence-corrected chi connectivity index (χ4v) is 3.55. The minimum atomic E-state index is 0.107. The molecule has 2 N–H and O–H groups in total. The maximum absolute atomic E-state index is 5.88. The van der Waals surface area contributed by atoms with Gasteiger partial charge in [-0.2, -0.15) is 0 Å². The molecule has 3 heteroatoms. The van der Waals surface area contributed by atoms with Gasteiger partial charge in [0.15, 0.2) is 11.5 Å². The molecule has 0 fully saturated rings. The SMILES string of the molecule is CC1(C)CCc2cc3c(cc2C1(C)CCN)OCO3. The van der Waals surface area contributed by atoms with Gasteiger partial charge in [0, 0.05) is 0 Å². The molecule has 1 heterocycles. The van der Waals surface area contributed by atoms with E-state index in [1.165, 1.54) is 17.5 Å². The minimum absolute atomic E-state index is 0.107. The lowest BCUT2D eigenvalue weighted by molar-refractivity contribution is 0.138. The van der Waals surface area contributed by atoms with Crippen LogP contribution in [0.4, 0.5) is 0 Å². The van der Waals surface area contributed by atoms with Gasteiger partial charge in [0.2, 0.25) is 6.79 Å². The van der Waals surface area contributed by atoms with Crippen molar-refractivity contribution < 1.29 is 9.47 Å². The van der Waals surface area contributed by atoms with E-state index in [-0.39, 0.29) is 10.8 Å². The molecule has 1 aliphatic carbocycles. The Bertz CT molecular complexity index is 510. The maximum atomic E-state index is 5.88. The van der Waals surface area contributed by atoms with E-state index in [4.69, 9.17) is 15.2 Å². The zero-order valence-corrected chi connectivity index (χ0v) is 12.1. The van der Waals surface area contributed by atoms with Crippen LogP contribution in [0.5, 0.6) is 11.5 Å². The Morgan fingerprint density at radius 3 is 2.53 bits per heavy atom. The number of nitrogens with two attached hydrogens (primary N) is 1. The Kier molecular flexibility index (Phi) is 2.79. The second-order valence-electron chi connectivity index (χ2n) is 6.62. The number of benzene rings is 1. The van der Waals surface area contributed by atoms with Crippen molar-refractivity contribution in [2.45, 2.75) is 45.4 Å². The first-order valence-corrected chi connectivity index (χ1v) is 7.11. The van der Waals surface area contributed by atoms with E-state index < -0.39 is 0 Å². The van der Waals surface area contributed by atoms with E-state index in [0.717, 1.165) is 24.3 Å². The van der Waals surface area contributed by atoms with Gasteiger partial charge in [0.1, 0.15) is 0 Å². The van der Waals surface area contributed by atoms with Crippen molar-refractivity contribution in [2.75, 3.05) is 13.3 Å². The summed E-state index contributed by atoms with van der Waals surface area (Å²) in [7, 11) is 0. The van der Waals surface area contributed by atoms with Crippen molar-refractivity contribution in [3.63, 3.8) is 0 Å².